The first-order valence-corrected chi connectivity index (χ1v) is 9.21. The van der Waals surface area contributed by atoms with Gasteiger partial charge in [0, 0.05) is 10.7 Å². The molecular weight excluding hydrogens is 412 g/mol. The first kappa shape index (κ1) is 16.9. The monoisotopic (exact) mass is 426 g/mol. The van der Waals surface area contributed by atoms with Crippen LogP contribution in [0.15, 0.2) is 59.2 Å². The van der Waals surface area contributed by atoms with Gasteiger partial charge in [0.2, 0.25) is 5.82 Å². The minimum Gasteiger partial charge on any atom is -0.299 e. The highest BCUT2D eigenvalue weighted by Gasteiger charge is 2.13. The molecule has 8 heteroatoms. The maximum absolute atomic E-state index is 5.61. The molecule has 4 rings (SSSR count). The third-order valence-corrected chi connectivity index (χ3v) is 4.99. The van der Waals surface area contributed by atoms with Gasteiger partial charge in [-0.3, -0.25) is 5.10 Å². The summed E-state index contributed by atoms with van der Waals surface area (Å²) in [5.41, 5.74) is 3.99. The molecule has 0 aliphatic carbocycles. The predicted octanol–water partition coefficient (Wildman–Crippen LogP) is 4.31. The molecule has 2 heterocycles. The van der Waals surface area contributed by atoms with Crippen molar-refractivity contribution >= 4 is 28.1 Å². The minimum absolute atomic E-state index is 0.510. The highest BCUT2D eigenvalue weighted by Crippen LogP contribution is 2.20. The summed E-state index contributed by atoms with van der Waals surface area (Å²) in [6.07, 6.45) is 1.82. The van der Waals surface area contributed by atoms with E-state index in [0.717, 1.165) is 26.9 Å². The first-order chi connectivity index (χ1) is 12.6. The van der Waals surface area contributed by atoms with E-state index >= 15 is 0 Å². The van der Waals surface area contributed by atoms with Crippen molar-refractivity contribution in [1.82, 2.24) is 30.0 Å². The third-order valence-electron chi connectivity index (χ3n) is 4.06. The largest absolute Gasteiger partial charge is 0.299 e. The Kier molecular flexibility index (Phi) is 4.52. The maximum Gasteiger partial charge on any atom is 0.209 e. The lowest BCUT2D eigenvalue weighted by Crippen LogP contribution is -2.03. The third kappa shape index (κ3) is 3.25. The summed E-state index contributed by atoms with van der Waals surface area (Å²) >= 11 is 9.04. The van der Waals surface area contributed by atoms with Crippen LogP contribution in [-0.2, 0) is 6.54 Å². The van der Waals surface area contributed by atoms with Crippen LogP contribution in [0, 0.1) is 11.6 Å². The SMILES string of the molecule is Cc1ccccc1-n1[nH]cc(-c2nnn(Cc3ccc(Br)cc3)n2)c1=S. The van der Waals surface area contributed by atoms with E-state index in [2.05, 4.69) is 36.4 Å². The maximum atomic E-state index is 5.61. The van der Waals surface area contributed by atoms with Gasteiger partial charge in [-0.25, -0.2) is 4.68 Å². The Morgan fingerprint density at radius 3 is 2.65 bits per heavy atom. The van der Waals surface area contributed by atoms with E-state index in [1.54, 1.807) is 4.80 Å². The van der Waals surface area contributed by atoms with Crippen LogP contribution in [0.3, 0.4) is 0 Å². The number of nitrogens with zero attached hydrogens (tertiary/aromatic N) is 5. The number of nitrogens with one attached hydrogen (secondary N) is 1. The van der Waals surface area contributed by atoms with Gasteiger partial charge in [-0.2, -0.15) is 4.80 Å². The van der Waals surface area contributed by atoms with E-state index < -0.39 is 0 Å². The van der Waals surface area contributed by atoms with Crippen LogP contribution in [0.1, 0.15) is 11.1 Å². The smallest absolute Gasteiger partial charge is 0.209 e. The lowest BCUT2D eigenvalue weighted by Gasteiger charge is -2.05. The van der Waals surface area contributed by atoms with Crippen molar-refractivity contribution in [2.75, 3.05) is 0 Å². The molecule has 6 nitrogen and oxygen atoms in total. The van der Waals surface area contributed by atoms with Crippen molar-refractivity contribution in [3.05, 3.63) is 75.0 Å². The van der Waals surface area contributed by atoms with Crippen molar-refractivity contribution in [1.29, 1.82) is 0 Å². The normalized spacial score (nSPS) is 11.0. The van der Waals surface area contributed by atoms with Crippen molar-refractivity contribution in [3.63, 3.8) is 0 Å². The highest BCUT2D eigenvalue weighted by molar-refractivity contribution is 9.10. The summed E-state index contributed by atoms with van der Waals surface area (Å²) in [6, 6.07) is 16.1. The number of halogens is 1. The summed E-state index contributed by atoms with van der Waals surface area (Å²) < 4.78 is 3.52. The van der Waals surface area contributed by atoms with Crippen LogP contribution in [0.25, 0.3) is 17.1 Å². The molecule has 0 aliphatic heterocycles. The van der Waals surface area contributed by atoms with Crippen molar-refractivity contribution in [2.24, 2.45) is 0 Å². The average Bonchev–Trinajstić information content (AvgIpc) is 3.24. The standard InChI is InChI=1S/C18H15BrN6S/c1-12-4-2-3-5-16(12)25-18(26)15(10-20-25)17-21-23-24(22-17)11-13-6-8-14(19)9-7-13/h2-10,20H,11H2,1H3. The molecule has 0 radical (unpaired) electrons. The van der Waals surface area contributed by atoms with E-state index in [9.17, 15) is 0 Å². The number of H-pyrrole nitrogens is 1. The molecule has 0 saturated heterocycles. The molecule has 0 spiro atoms. The fourth-order valence-corrected chi connectivity index (χ4v) is 3.26. The molecule has 26 heavy (non-hydrogen) atoms. The number of benzene rings is 2. The van der Waals surface area contributed by atoms with Gasteiger partial charge < -0.3 is 0 Å². The number of hydrogen-bond acceptors (Lipinski definition) is 4. The zero-order valence-electron chi connectivity index (χ0n) is 13.9. The van der Waals surface area contributed by atoms with E-state index in [4.69, 9.17) is 12.2 Å². The van der Waals surface area contributed by atoms with Crippen LogP contribution in [-0.4, -0.2) is 30.0 Å². The Morgan fingerprint density at radius 2 is 1.88 bits per heavy atom. The topological polar surface area (TPSA) is 64.3 Å². The Morgan fingerprint density at radius 1 is 1.12 bits per heavy atom. The molecule has 0 aliphatic rings. The molecule has 2 aromatic carbocycles. The molecule has 130 valence electrons. The van der Waals surface area contributed by atoms with Gasteiger partial charge in [-0.1, -0.05) is 58.5 Å². The number of para-hydroxylation sites is 1. The molecular formula is C18H15BrN6S. The lowest BCUT2D eigenvalue weighted by atomic mass is 10.2. The number of aromatic nitrogens is 6. The summed E-state index contributed by atoms with van der Waals surface area (Å²) in [4.78, 5) is 1.57. The van der Waals surface area contributed by atoms with E-state index in [1.807, 2.05) is 66.3 Å². The number of rotatable bonds is 4. The van der Waals surface area contributed by atoms with Gasteiger partial charge >= 0.3 is 0 Å². The zero-order chi connectivity index (χ0) is 18.1. The molecule has 0 amide bonds. The Bertz CT molecular complexity index is 1110. The fourth-order valence-electron chi connectivity index (χ4n) is 2.69. The van der Waals surface area contributed by atoms with E-state index in [0.29, 0.717) is 17.0 Å². The van der Waals surface area contributed by atoms with Gasteiger partial charge in [0.05, 0.1) is 17.8 Å². The van der Waals surface area contributed by atoms with Crippen LogP contribution in [0.2, 0.25) is 0 Å². The summed E-state index contributed by atoms with van der Waals surface area (Å²) in [7, 11) is 0. The van der Waals surface area contributed by atoms with Crippen molar-refractivity contribution in [3.8, 4) is 17.1 Å². The molecule has 4 aromatic rings. The van der Waals surface area contributed by atoms with Gasteiger partial charge in [-0.05, 0) is 41.5 Å². The Labute approximate surface area is 163 Å². The van der Waals surface area contributed by atoms with Crippen LogP contribution < -0.4 is 0 Å². The second kappa shape index (κ2) is 6.97. The number of aryl methyl sites for hydroxylation is 1. The summed E-state index contributed by atoms with van der Waals surface area (Å²) in [6.45, 7) is 2.60. The van der Waals surface area contributed by atoms with Crippen LogP contribution in [0.5, 0.6) is 0 Å². The minimum atomic E-state index is 0.510. The quantitative estimate of drug-likeness (QED) is 0.493. The van der Waals surface area contributed by atoms with Gasteiger partial charge in [0.1, 0.15) is 4.64 Å². The molecule has 1 N–H and O–H groups in total. The van der Waals surface area contributed by atoms with Crippen LogP contribution >= 0.6 is 28.1 Å². The molecule has 2 aromatic heterocycles. The average molecular weight is 427 g/mol. The number of hydrogen-bond donors (Lipinski definition) is 1. The molecule has 0 fully saturated rings. The van der Waals surface area contributed by atoms with Gasteiger partial charge in [-0.15, -0.1) is 10.2 Å². The molecule has 0 bridgehead atoms. The first-order valence-electron chi connectivity index (χ1n) is 8.01. The van der Waals surface area contributed by atoms with Gasteiger partial charge in [0.15, 0.2) is 0 Å². The van der Waals surface area contributed by atoms with Crippen molar-refractivity contribution in [2.45, 2.75) is 13.5 Å². The molecule has 0 unspecified atom stereocenters. The lowest BCUT2D eigenvalue weighted by molar-refractivity contribution is 0.573. The Hall–Kier alpha value is -2.58. The van der Waals surface area contributed by atoms with Crippen molar-refractivity contribution < 1.29 is 0 Å². The number of aromatic amines is 1. The molecule has 0 saturated carbocycles. The van der Waals surface area contributed by atoms with Gasteiger partial charge in [0.25, 0.3) is 0 Å². The van der Waals surface area contributed by atoms with E-state index in [-0.39, 0.29) is 0 Å². The molecule has 0 atom stereocenters. The second-order valence-electron chi connectivity index (χ2n) is 5.88. The van der Waals surface area contributed by atoms with E-state index in [1.165, 1.54) is 0 Å². The summed E-state index contributed by atoms with van der Waals surface area (Å²) in [5, 5.41) is 16.0. The number of tetrazole rings is 1. The van der Waals surface area contributed by atoms with Crippen LogP contribution in [0.4, 0.5) is 0 Å². The predicted molar refractivity (Wildman–Crippen MR) is 106 cm³/mol. The summed E-state index contributed by atoms with van der Waals surface area (Å²) in [5.74, 6) is 0.510. The Balaban J connectivity index is 1.63. The zero-order valence-corrected chi connectivity index (χ0v) is 16.3. The fraction of sp³-hybridized carbons (Fsp3) is 0.111. The second-order valence-corrected chi connectivity index (χ2v) is 7.19. The highest BCUT2D eigenvalue weighted by atomic mass is 79.9.